The number of nitrogens with two attached hydrogens (primary N) is 1. The topological polar surface area (TPSA) is 68.5 Å². The van der Waals surface area contributed by atoms with Gasteiger partial charge in [-0.3, -0.25) is 14.7 Å². The van der Waals surface area contributed by atoms with Crippen LogP contribution in [-0.2, 0) is 10.3 Å². The molecule has 2 aliphatic carbocycles. The minimum atomic E-state index is -2.50. The highest BCUT2D eigenvalue weighted by Gasteiger charge is 2.56. The van der Waals surface area contributed by atoms with Gasteiger partial charge in [0.05, 0.1) is 0 Å². The first-order valence-electron chi connectivity index (χ1n) is 9.79. The number of primary amides is 1. The van der Waals surface area contributed by atoms with E-state index in [-0.39, 0.29) is 36.4 Å². The molecule has 2 unspecified atom stereocenters. The Labute approximate surface area is 158 Å². The van der Waals surface area contributed by atoms with Gasteiger partial charge in [0.25, 0.3) is 5.91 Å². The first-order chi connectivity index (χ1) is 12.9. The van der Waals surface area contributed by atoms with Crippen LogP contribution in [0.4, 0.5) is 8.78 Å². The number of aromatic nitrogens is 1. The Kier molecular flexibility index (Phi) is 4.71. The highest BCUT2D eigenvalue weighted by atomic mass is 19.3. The first-order valence-corrected chi connectivity index (χ1v) is 9.79. The van der Waals surface area contributed by atoms with Gasteiger partial charge in [0, 0.05) is 57.1 Å². The van der Waals surface area contributed by atoms with Gasteiger partial charge in [-0.05, 0) is 43.4 Å². The minimum Gasteiger partial charge on any atom is -0.373 e. The number of halogens is 2. The van der Waals surface area contributed by atoms with E-state index >= 15 is 0 Å². The van der Waals surface area contributed by atoms with Gasteiger partial charge >= 0.3 is 0 Å². The molecule has 0 spiro atoms. The molecule has 1 aromatic heterocycles. The van der Waals surface area contributed by atoms with Crippen molar-refractivity contribution in [2.75, 3.05) is 20.2 Å². The van der Waals surface area contributed by atoms with Crippen LogP contribution in [-0.4, -0.2) is 48.0 Å². The van der Waals surface area contributed by atoms with E-state index in [1.54, 1.807) is 19.4 Å². The smallest absolute Gasteiger partial charge is 0.267 e. The van der Waals surface area contributed by atoms with Crippen molar-refractivity contribution < 1.29 is 18.3 Å². The SMILES string of the molecule is COC1(c2ccnc(C(N)=O)c2)C2CCC1CN(C1CCC(F)(F)CC1)C2. The number of amides is 1. The molecule has 2 heterocycles. The van der Waals surface area contributed by atoms with Crippen LogP contribution in [0.1, 0.15) is 54.6 Å². The van der Waals surface area contributed by atoms with Gasteiger partial charge in [-0.1, -0.05) is 0 Å². The van der Waals surface area contributed by atoms with Gasteiger partial charge in [0.1, 0.15) is 11.3 Å². The summed E-state index contributed by atoms with van der Waals surface area (Å²) < 4.78 is 33.2. The average Bonchev–Trinajstić information content (AvgIpc) is 2.84. The van der Waals surface area contributed by atoms with Crippen molar-refractivity contribution in [3.63, 3.8) is 0 Å². The summed E-state index contributed by atoms with van der Waals surface area (Å²) in [5.41, 5.74) is 6.16. The van der Waals surface area contributed by atoms with Crippen LogP contribution in [0.3, 0.4) is 0 Å². The van der Waals surface area contributed by atoms with E-state index < -0.39 is 17.4 Å². The molecule has 0 aromatic carbocycles. The fourth-order valence-corrected chi connectivity index (χ4v) is 5.68. The number of pyridine rings is 1. The van der Waals surface area contributed by atoms with Crippen molar-refractivity contribution >= 4 is 5.91 Å². The van der Waals surface area contributed by atoms with Crippen LogP contribution in [0.25, 0.3) is 0 Å². The molecule has 2 atom stereocenters. The molecule has 3 aliphatic rings. The van der Waals surface area contributed by atoms with Crippen LogP contribution in [0, 0.1) is 11.8 Å². The van der Waals surface area contributed by atoms with Crippen molar-refractivity contribution in [1.82, 2.24) is 9.88 Å². The van der Waals surface area contributed by atoms with Crippen molar-refractivity contribution in [3.8, 4) is 0 Å². The third-order valence-electron chi connectivity index (χ3n) is 6.99. The monoisotopic (exact) mass is 379 g/mol. The lowest BCUT2D eigenvalue weighted by Crippen LogP contribution is -2.56. The summed E-state index contributed by atoms with van der Waals surface area (Å²) in [4.78, 5) is 18.0. The Morgan fingerprint density at radius 3 is 2.41 bits per heavy atom. The predicted molar refractivity (Wildman–Crippen MR) is 96.4 cm³/mol. The Morgan fingerprint density at radius 1 is 1.22 bits per heavy atom. The van der Waals surface area contributed by atoms with Crippen molar-refractivity contribution in [2.45, 2.75) is 56.1 Å². The number of hydrogen-bond acceptors (Lipinski definition) is 4. The zero-order valence-corrected chi connectivity index (χ0v) is 15.7. The predicted octanol–water partition coefficient (Wildman–Crippen LogP) is 2.94. The highest BCUT2D eigenvalue weighted by Crippen LogP contribution is 2.54. The fourth-order valence-electron chi connectivity index (χ4n) is 5.68. The molecule has 4 rings (SSSR count). The number of ether oxygens (including phenoxy) is 1. The molecule has 7 heteroatoms. The quantitative estimate of drug-likeness (QED) is 0.873. The van der Waals surface area contributed by atoms with E-state index in [1.807, 2.05) is 6.07 Å². The zero-order chi connectivity index (χ0) is 19.2. The van der Waals surface area contributed by atoms with E-state index in [9.17, 15) is 13.6 Å². The van der Waals surface area contributed by atoms with Crippen LogP contribution in [0.2, 0.25) is 0 Å². The van der Waals surface area contributed by atoms with Gasteiger partial charge < -0.3 is 10.5 Å². The average molecular weight is 379 g/mol. The molecular weight excluding hydrogens is 352 g/mol. The second-order valence-electron chi connectivity index (χ2n) is 8.30. The van der Waals surface area contributed by atoms with Gasteiger partial charge in [-0.2, -0.15) is 0 Å². The summed E-state index contributed by atoms with van der Waals surface area (Å²) in [6, 6.07) is 3.91. The second-order valence-corrected chi connectivity index (χ2v) is 8.30. The van der Waals surface area contributed by atoms with Gasteiger partial charge in [-0.25, -0.2) is 8.78 Å². The Morgan fingerprint density at radius 2 is 1.85 bits per heavy atom. The van der Waals surface area contributed by atoms with Crippen LogP contribution < -0.4 is 5.73 Å². The van der Waals surface area contributed by atoms with Crippen LogP contribution >= 0.6 is 0 Å². The molecule has 2 bridgehead atoms. The first kappa shape index (κ1) is 18.7. The standard InChI is InChI=1S/C20H27F2N3O2/c1-27-20(13-6-9-24-17(10-13)18(23)26)14-2-3-15(20)12-25(11-14)16-4-7-19(21,22)8-5-16/h6,9-10,14-16H,2-5,7-8,11-12H2,1H3,(H2,23,26). The molecule has 1 saturated heterocycles. The number of carbonyl (C=O) groups excluding carboxylic acids is 1. The summed E-state index contributed by atoms with van der Waals surface area (Å²) in [6.45, 7) is 1.68. The number of hydrogen-bond donors (Lipinski definition) is 1. The number of carbonyl (C=O) groups is 1. The van der Waals surface area contributed by atoms with E-state index in [1.165, 1.54) is 0 Å². The molecule has 148 valence electrons. The Hall–Kier alpha value is -1.60. The zero-order valence-electron chi connectivity index (χ0n) is 15.7. The maximum Gasteiger partial charge on any atom is 0.267 e. The number of nitrogens with zero attached hydrogens (tertiary/aromatic N) is 2. The summed E-state index contributed by atoms with van der Waals surface area (Å²) in [5.74, 6) is -2.50. The molecule has 1 amide bonds. The lowest BCUT2D eigenvalue weighted by Gasteiger charge is -2.50. The fraction of sp³-hybridized carbons (Fsp3) is 0.700. The number of likely N-dealkylation sites (tertiary alicyclic amines) is 1. The van der Waals surface area contributed by atoms with Crippen molar-refractivity contribution in [1.29, 1.82) is 0 Å². The molecule has 0 radical (unpaired) electrons. The number of fused-ring (bicyclic) bond motifs is 2. The molecule has 27 heavy (non-hydrogen) atoms. The highest BCUT2D eigenvalue weighted by molar-refractivity contribution is 5.90. The number of methoxy groups -OCH3 is 1. The normalized spacial score (nSPS) is 33.9. The maximum atomic E-state index is 13.5. The van der Waals surface area contributed by atoms with Gasteiger partial charge in [0.15, 0.2) is 0 Å². The molecule has 3 fully saturated rings. The van der Waals surface area contributed by atoms with Crippen molar-refractivity contribution in [2.24, 2.45) is 17.6 Å². The third kappa shape index (κ3) is 3.14. The molecule has 1 aliphatic heterocycles. The molecule has 2 N–H and O–H groups in total. The third-order valence-corrected chi connectivity index (χ3v) is 6.99. The minimum absolute atomic E-state index is 0.00868. The van der Waals surface area contributed by atoms with E-state index in [0.29, 0.717) is 12.8 Å². The van der Waals surface area contributed by atoms with Crippen LogP contribution in [0.5, 0.6) is 0 Å². The molecule has 1 aromatic rings. The Balaban J connectivity index is 1.57. The molecular formula is C20H27F2N3O2. The van der Waals surface area contributed by atoms with E-state index in [2.05, 4.69) is 9.88 Å². The van der Waals surface area contributed by atoms with Crippen molar-refractivity contribution in [3.05, 3.63) is 29.6 Å². The van der Waals surface area contributed by atoms with Crippen LogP contribution in [0.15, 0.2) is 18.3 Å². The summed E-state index contributed by atoms with van der Waals surface area (Å²) in [7, 11) is 1.73. The molecule has 2 saturated carbocycles. The number of piperidine rings is 1. The number of alkyl halides is 2. The van der Waals surface area contributed by atoms with Gasteiger partial charge in [0.2, 0.25) is 5.92 Å². The summed E-state index contributed by atoms with van der Waals surface area (Å²) >= 11 is 0. The largest absolute Gasteiger partial charge is 0.373 e. The van der Waals surface area contributed by atoms with Gasteiger partial charge in [-0.15, -0.1) is 0 Å². The number of rotatable bonds is 4. The van der Waals surface area contributed by atoms with E-state index in [0.717, 1.165) is 31.5 Å². The van der Waals surface area contributed by atoms with E-state index in [4.69, 9.17) is 10.5 Å². The second kappa shape index (κ2) is 6.78. The maximum absolute atomic E-state index is 13.5. The molecule has 5 nitrogen and oxygen atoms in total. The summed E-state index contributed by atoms with van der Waals surface area (Å²) in [5, 5.41) is 0. The summed E-state index contributed by atoms with van der Waals surface area (Å²) in [6.07, 6.45) is 4.79. The Bertz CT molecular complexity index is 703. The lowest BCUT2D eigenvalue weighted by atomic mass is 9.74. The lowest BCUT2D eigenvalue weighted by molar-refractivity contribution is -0.133.